The molecule has 4 rings (SSSR count). The molecule has 0 nitrogen and oxygen atoms in total. The minimum Gasteiger partial charge on any atom is -0.122 e. The molecule has 0 unspecified atom stereocenters. The largest absolute Gasteiger partial charge is 0.122 e. The van der Waals surface area contributed by atoms with Crippen LogP contribution in [0.15, 0.2) is 60.7 Å². The van der Waals surface area contributed by atoms with Gasteiger partial charge in [0.2, 0.25) is 0 Å². The van der Waals surface area contributed by atoms with Crippen molar-refractivity contribution in [3.8, 4) is 0 Å². The molecule has 102 valence electrons. The first kappa shape index (κ1) is 12.7. The van der Waals surface area contributed by atoms with Gasteiger partial charge in [0.25, 0.3) is 0 Å². The summed E-state index contributed by atoms with van der Waals surface area (Å²) < 4.78 is 0. The van der Waals surface area contributed by atoms with Crippen molar-refractivity contribution < 1.29 is 0 Å². The zero-order valence-electron chi connectivity index (χ0n) is 11.9. The highest BCUT2D eigenvalue weighted by molar-refractivity contribution is 6.21. The highest BCUT2D eigenvalue weighted by atomic mass is 35.5. The van der Waals surface area contributed by atoms with Gasteiger partial charge in [0.05, 0.1) is 0 Å². The summed E-state index contributed by atoms with van der Waals surface area (Å²) in [6, 6.07) is 21.7. The second-order valence-corrected chi connectivity index (χ2v) is 5.80. The van der Waals surface area contributed by atoms with Crippen LogP contribution in [0.4, 0.5) is 0 Å². The summed E-state index contributed by atoms with van der Waals surface area (Å²) in [6.45, 7) is 2.22. The van der Waals surface area contributed by atoms with E-state index in [9.17, 15) is 0 Å². The Hall–Kier alpha value is -2.05. The lowest BCUT2D eigenvalue weighted by atomic mass is 9.92. The molecule has 4 aromatic rings. The summed E-state index contributed by atoms with van der Waals surface area (Å²) in [5, 5.41) is 7.80. The van der Waals surface area contributed by atoms with Gasteiger partial charge in [-0.25, -0.2) is 0 Å². The molecule has 0 aliphatic heterocycles. The summed E-state index contributed by atoms with van der Waals surface area (Å²) in [4.78, 5) is 0. The fraction of sp³-hybridized carbons (Fsp3) is 0.100. The van der Waals surface area contributed by atoms with E-state index in [1.54, 1.807) is 0 Å². The third kappa shape index (κ3) is 1.83. The average molecular weight is 291 g/mol. The number of halogens is 1. The monoisotopic (exact) mass is 290 g/mol. The Morgan fingerprint density at radius 2 is 1.52 bits per heavy atom. The molecule has 0 aliphatic carbocycles. The maximum atomic E-state index is 6.18. The summed E-state index contributed by atoms with van der Waals surface area (Å²) in [6.07, 6.45) is 0. The molecule has 0 N–H and O–H groups in total. The number of hydrogen-bond donors (Lipinski definition) is 0. The van der Waals surface area contributed by atoms with Gasteiger partial charge in [-0.3, -0.25) is 0 Å². The number of fused-ring (bicyclic) bond motifs is 4. The van der Waals surface area contributed by atoms with Crippen molar-refractivity contribution in [3.63, 3.8) is 0 Å². The molecule has 0 amide bonds. The number of hydrogen-bond acceptors (Lipinski definition) is 0. The van der Waals surface area contributed by atoms with Crippen molar-refractivity contribution >= 4 is 43.9 Å². The average Bonchev–Trinajstić information content (AvgIpc) is 2.54. The Morgan fingerprint density at radius 1 is 0.762 bits per heavy atom. The minimum absolute atomic E-state index is 0.544. The number of benzene rings is 4. The Morgan fingerprint density at radius 3 is 2.38 bits per heavy atom. The van der Waals surface area contributed by atoms with Gasteiger partial charge in [0, 0.05) is 5.88 Å². The Balaban J connectivity index is 2.32. The molecule has 0 fully saturated rings. The van der Waals surface area contributed by atoms with Gasteiger partial charge in [0.1, 0.15) is 0 Å². The van der Waals surface area contributed by atoms with E-state index < -0.39 is 0 Å². The van der Waals surface area contributed by atoms with Crippen LogP contribution in [0.3, 0.4) is 0 Å². The van der Waals surface area contributed by atoms with E-state index in [4.69, 9.17) is 11.6 Å². The molecule has 0 heterocycles. The maximum Gasteiger partial charge on any atom is 0.0480 e. The van der Waals surface area contributed by atoms with Crippen LogP contribution in [-0.4, -0.2) is 0 Å². The van der Waals surface area contributed by atoms with Gasteiger partial charge in [-0.15, -0.1) is 11.6 Å². The summed E-state index contributed by atoms with van der Waals surface area (Å²) >= 11 is 6.18. The lowest BCUT2D eigenvalue weighted by Crippen LogP contribution is -1.88. The van der Waals surface area contributed by atoms with E-state index in [1.807, 2.05) is 0 Å². The van der Waals surface area contributed by atoms with E-state index in [-0.39, 0.29) is 0 Å². The zero-order valence-corrected chi connectivity index (χ0v) is 12.6. The third-order valence-corrected chi connectivity index (χ3v) is 4.65. The van der Waals surface area contributed by atoms with Crippen LogP contribution in [-0.2, 0) is 5.88 Å². The van der Waals surface area contributed by atoms with Crippen molar-refractivity contribution in [2.75, 3.05) is 0 Å². The molecule has 0 radical (unpaired) electrons. The molecule has 0 saturated heterocycles. The normalized spacial score (nSPS) is 11.5. The fourth-order valence-corrected chi connectivity index (χ4v) is 3.60. The van der Waals surface area contributed by atoms with Crippen molar-refractivity contribution in [2.24, 2.45) is 0 Å². The molecule has 4 aromatic carbocycles. The standard InChI is InChI=1S/C20H15Cl/c1-13-18-8-3-2-5-15(18)11-16-10-9-14-6-4-7-17(12-21)20(14)19(13)16/h2-11H,12H2,1H3. The van der Waals surface area contributed by atoms with Crippen molar-refractivity contribution in [1.29, 1.82) is 0 Å². The van der Waals surface area contributed by atoms with Gasteiger partial charge in [-0.2, -0.15) is 0 Å². The quantitative estimate of drug-likeness (QED) is 0.223. The van der Waals surface area contributed by atoms with Crippen LogP contribution in [0.25, 0.3) is 32.3 Å². The molecule has 0 bridgehead atoms. The molecule has 0 aliphatic rings. The Kier molecular flexibility index (Phi) is 2.87. The van der Waals surface area contributed by atoms with Gasteiger partial charge < -0.3 is 0 Å². The molecule has 0 aromatic heterocycles. The van der Waals surface area contributed by atoms with E-state index in [1.165, 1.54) is 43.4 Å². The van der Waals surface area contributed by atoms with Gasteiger partial charge in [-0.05, 0) is 56.4 Å². The minimum atomic E-state index is 0.544. The number of aryl methyl sites for hydroxylation is 1. The topological polar surface area (TPSA) is 0 Å². The van der Waals surface area contributed by atoms with Gasteiger partial charge in [0.15, 0.2) is 0 Å². The predicted octanol–water partition coefficient (Wildman–Crippen LogP) is 6.19. The van der Waals surface area contributed by atoms with Crippen LogP contribution in [0.1, 0.15) is 11.1 Å². The molecule has 0 saturated carbocycles. The van der Waals surface area contributed by atoms with Crippen molar-refractivity contribution in [2.45, 2.75) is 12.8 Å². The molecular weight excluding hydrogens is 276 g/mol. The highest BCUT2D eigenvalue weighted by Gasteiger charge is 2.10. The fourth-order valence-electron chi connectivity index (χ4n) is 3.37. The van der Waals surface area contributed by atoms with Crippen LogP contribution in [0.2, 0.25) is 0 Å². The Bertz CT molecular complexity index is 983. The first-order valence-corrected chi connectivity index (χ1v) is 7.71. The summed E-state index contributed by atoms with van der Waals surface area (Å²) in [7, 11) is 0. The first-order chi connectivity index (χ1) is 10.3. The third-order valence-electron chi connectivity index (χ3n) is 4.36. The number of alkyl halides is 1. The molecule has 21 heavy (non-hydrogen) atoms. The smallest absolute Gasteiger partial charge is 0.0480 e. The van der Waals surface area contributed by atoms with Crippen LogP contribution in [0, 0.1) is 6.92 Å². The number of rotatable bonds is 1. The van der Waals surface area contributed by atoms with E-state index >= 15 is 0 Å². The lowest BCUT2D eigenvalue weighted by Gasteiger charge is -2.13. The van der Waals surface area contributed by atoms with E-state index in [0.29, 0.717) is 5.88 Å². The summed E-state index contributed by atoms with van der Waals surface area (Å²) in [5.41, 5.74) is 2.55. The Labute approximate surface area is 129 Å². The van der Waals surface area contributed by atoms with E-state index in [2.05, 4.69) is 67.6 Å². The second-order valence-electron chi connectivity index (χ2n) is 5.54. The maximum absolute atomic E-state index is 6.18. The van der Waals surface area contributed by atoms with Gasteiger partial charge in [-0.1, -0.05) is 54.6 Å². The van der Waals surface area contributed by atoms with Crippen LogP contribution < -0.4 is 0 Å². The molecular formula is C20H15Cl. The van der Waals surface area contributed by atoms with Crippen molar-refractivity contribution in [1.82, 2.24) is 0 Å². The highest BCUT2D eigenvalue weighted by Crippen LogP contribution is 2.35. The van der Waals surface area contributed by atoms with Gasteiger partial charge >= 0.3 is 0 Å². The molecule has 0 spiro atoms. The second kappa shape index (κ2) is 4.75. The van der Waals surface area contributed by atoms with Crippen LogP contribution in [0.5, 0.6) is 0 Å². The zero-order chi connectivity index (χ0) is 14.4. The summed E-state index contributed by atoms with van der Waals surface area (Å²) in [5.74, 6) is 0.544. The predicted molar refractivity (Wildman–Crippen MR) is 93.3 cm³/mol. The SMILES string of the molecule is Cc1c2ccccc2cc2ccc3cccc(CCl)c3c12. The molecule has 0 atom stereocenters. The lowest BCUT2D eigenvalue weighted by molar-refractivity contribution is 1.46. The van der Waals surface area contributed by atoms with Crippen LogP contribution >= 0.6 is 11.6 Å². The molecule has 1 heteroatoms. The first-order valence-electron chi connectivity index (χ1n) is 7.18. The van der Waals surface area contributed by atoms with E-state index in [0.717, 1.165) is 0 Å². The van der Waals surface area contributed by atoms with Crippen molar-refractivity contribution in [3.05, 3.63) is 71.8 Å².